The standard InChI is InChI=1S/C16H24ClN3O2S/c1-16(6-7-18-12-16)13-19-8-10-20(11-9-19)23(21,22)15-5-3-2-4-14(15)17/h2-5,18H,6-13H2,1H3. The predicted molar refractivity (Wildman–Crippen MR) is 92.2 cm³/mol. The van der Waals surface area contributed by atoms with Crippen molar-refractivity contribution in [3.05, 3.63) is 29.3 Å². The van der Waals surface area contributed by atoms with E-state index in [-0.39, 0.29) is 4.90 Å². The third-order valence-electron chi connectivity index (χ3n) is 4.85. The van der Waals surface area contributed by atoms with Gasteiger partial charge < -0.3 is 10.2 Å². The fourth-order valence-electron chi connectivity index (χ4n) is 3.46. The molecule has 3 rings (SSSR count). The average Bonchev–Trinajstić information content (AvgIpc) is 2.94. The summed E-state index contributed by atoms with van der Waals surface area (Å²) in [6, 6.07) is 6.66. The second-order valence-electron chi connectivity index (χ2n) is 6.85. The highest BCUT2D eigenvalue weighted by molar-refractivity contribution is 7.89. The van der Waals surface area contributed by atoms with Gasteiger partial charge in [-0.3, -0.25) is 0 Å². The molecule has 128 valence electrons. The number of nitrogens with zero attached hydrogens (tertiary/aromatic N) is 2. The van der Waals surface area contributed by atoms with Crippen molar-refractivity contribution in [2.45, 2.75) is 18.2 Å². The summed E-state index contributed by atoms with van der Waals surface area (Å²) in [7, 11) is -3.50. The maximum Gasteiger partial charge on any atom is 0.244 e. The van der Waals surface area contributed by atoms with Gasteiger partial charge in [0.25, 0.3) is 0 Å². The first kappa shape index (κ1) is 17.2. The van der Waals surface area contributed by atoms with Crippen LogP contribution < -0.4 is 5.32 Å². The van der Waals surface area contributed by atoms with Gasteiger partial charge in [-0.2, -0.15) is 4.31 Å². The van der Waals surface area contributed by atoms with Gasteiger partial charge in [-0.15, -0.1) is 0 Å². The molecule has 1 aromatic carbocycles. The van der Waals surface area contributed by atoms with Crippen LogP contribution in [0.25, 0.3) is 0 Å². The molecular weight excluding hydrogens is 334 g/mol. The first-order chi connectivity index (χ1) is 10.9. The number of benzene rings is 1. The molecule has 1 unspecified atom stereocenters. The molecule has 23 heavy (non-hydrogen) atoms. The normalized spacial score (nSPS) is 27.4. The topological polar surface area (TPSA) is 52.7 Å². The quantitative estimate of drug-likeness (QED) is 0.890. The molecule has 0 aliphatic carbocycles. The van der Waals surface area contributed by atoms with E-state index >= 15 is 0 Å². The minimum absolute atomic E-state index is 0.210. The fraction of sp³-hybridized carbons (Fsp3) is 0.625. The van der Waals surface area contributed by atoms with Crippen LogP contribution in [0.1, 0.15) is 13.3 Å². The second kappa shape index (κ2) is 6.69. The minimum atomic E-state index is -3.50. The maximum atomic E-state index is 12.7. The summed E-state index contributed by atoms with van der Waals surface area (Å²) in [6.07, 6.45) is 1.19. The first-order valence-corrected chi connectivity index (χ1v) is 9.90. The summed E-state index contributed by atoms with van der Waals surface area (Å²) in [5.74, 6) is 0. The number of halogens is 1. The number of piperazine rings is 1. The smallest absolute Gasteiger partial charge is 0.244 e. The van der Waals surface area contributed by atoms with Crippen molar-refractivity contribution in [3.63, 3.8) is 0 Å². The van der Waals surface area contributed by atoms with Crippen LogP contribution >= 0.6 is 11.6 Å². The van der Waals surface area contributed by atoms with Crippen molar-refractivity contribution in [1.82, 2.24) is 14.5 Å². The van der Waals surface area contributed by atoms with Crippen molar-refractivity contribution < 1.29 is 8.42 Å². The van der Waals surface area contributed by atoms with E-state index in [4.69, 9.17) is 11.6 Å². The number of rotatable bonds is 4. The number of nitrogens with one attached hydrogen (secondary N) is 1. The highest BCUT2D eigenvalue weighted by atomic mass is 35.5. The zero-order valence-corrected chi connectivity index (χ0v) is 15.0. The Morgan fingerprint density at radius 1 is 1.22 bits per heavy atom. The third-order valence-corrected chi connectivity index (χ3v) is 7.25. The van der Waals surface area contributed by atoms with Gasteiger partial charge in [-0.25, -0.2) is 8.42 Å². The van der Waals surface area contributed by atoms with Crippen LogP contribution in [0.2, 0.25) is 5.02 Å². The van der Waals surface area contributed by atoms with Gasteiger partial charge in [0.2, 0.25) is 10.0 Å². The molecule has 2 saturated heterocycles. The molecule has 2 aliphatic rings. The van der Waals surface area contributed by atoms with Crippen molar-refractivity contribution >= 4 is 21.6 Å². The summed E-state index contributed by atoms with van der Waals surface area (Å²) in [5, 5.41) is 3.71. The zero-order valence-electron chi connectivity index (χ0n) is 13.5. The number of hydrogen-bond acceptors (Lipinski definition) is 4. The van der Waals surface area contributed by atoms with Crippen molar-refractivity contribution in [2.24, 2.45) is 5.41 Å². The minimum Gasteiger partial charge on any atom is -0.316 e. The monoisotopic (exact) mass is 357 g/mol. The third kappa shape index (κ3) is 3.72. The van der Waals surface area contributed by atoms with Gasteiger partial charge in [-0.05, 0) is 30.5 Å². The van der Waals surface area contributed by atoms with E-state index in [2.05, 4.69) is 17.1 Å². The van der Waals surface area contributed by atoms with E-state index in [1.165, 1.54) is 6.42 Å². The van der Waals surface area contributed by atoms with Crippen molar-refractivity contribution in [3.8, 4) is 0 Å². The van der Waals surface area contributed by atoms with Gasteiger partial charge in [0.1, 0.15) is 4.90 Å². The second-order valence-corrected chi connectivity index (χ2v) is 9.16. The SMILES string of the molecule is CC1(CN2CCN(S(=O)(=O)c3ccccc3Cl)CC2)CCNC1. The van der Waals surface area contributed by atoms with Crippen LogP contribution in [-0.4, -0.2) is 63.4 Å². The Morgan fingerprint density at radius 3 is 2.52 bits per heavy atom. The molecular formula is C16H24ClN3O2S. The lowest BCUT2D eigenvalue weighted by molar-refractivity contribution is 0.132. The van der Waals surface area contributed by atoms with Crippen LogP contribution in [0, 0.1) is 5.41 Å². The highest BCUT2D eigenvalue weighted by Gasteiger charge is 2.34. The van der Waals surface area contributed by atoms with E-state index < -0.39 is 10.0 Å². The Labute approximate surface area is 143 Å². The Morgan fingerprint density at radius 2 is 1.91 bits per heavy atom. The Balaban J connectivity index is 1.63. The molecule has 0 spiro atoms. The summed E-state index contributed by atoms with van der Waals surface area (Å²) in [6.45, 7) is 8.06. The summed E-state index contributed by atoms with van der Waals surface area (Å²) in [4.78, 5) is 2.59. The van der Waals surface area contributed by atoms with Crippen molar-refractivity contribution in [1.29, 1.82) is 0 Å². The molecule has 2 fully saturated rings. The molecule has 1 N–H and O–H groups in total. The number of hydrogen-bond donors (Lipinski definition) is 1. The molecule has 0 aromatic heterocycles. The van der Waals surface area contributed by atoms with Crippen molar-refractivity contribution in [2.75, 3.05) is 45.8 Å². The summed E-state index contributed by atoms with van der Waals surface area (Å²) in [5.41, 5.74) is 0.309. The Bertz CT molecular complexity index is 651. The predicted octanol–water partition coefficient (Wildman–Crippen LogP) is 1.65. The lowest BCUT2D eigenvalue weighted by atomic mass is 9.89. The van der Waals surface area contributed by atoms with Gasteiger partial charge in [0, 0.05) is 39.3 Å². The molecule has 1 aromatic rings. The van der Waals surface area contributed by atoms with Gasteiger partial charge >= 0.3 is 0 Å². The van der Waals surface area contributed by atoms with E-state index in [1.807, 2.05) is 0 Å². The molecule has 2 aliphatic heterocycles. The average molecular weight is 358 g/mol. The molecule has 0 saturated carbocycles. The van der Waals surface area contributed by atoms with Crippen LogP contribution in [0.15, 0.2) is 29.2 Å². The molecule has 5 nitrogen and oxygen atoms in total. The molecule has 1 atom stereocenters. The lowest BCUT2D eigenvalue weighted by Gasteiger charge is -2.38. The van der Waals surface area contributed by atoms with E-state index in [0.29, 0.717) is 23.5 Å². The van der Waals surface area contributed by atoms with Gasteiger partial charge in [0.15, 0.2) is 0 Å². The maximum absolute atomic E-state index is 12.7. The largest absolute Gasteiger partial charge is 0.316 e. The molecule has 2 heterocycles. The fourth-order valence-corrected chi connectivity index (χ4v) is 5.38. The summed E-state index contributed by atoms with van der Waals surface area (Å²) >= 11 is 6.07. The van der Waals surface area contributed by atoms with Crippen LogP contribution in [0.5, 0.6) is 0 Å². The first-order valence-electron chi connectivity index (χ1n) is 8.09. The lowest BCUT2D eigenvalue weighted by Crippen LogP contribution is -2.51. The Hall–Kier alpha value is -0.660. The van der Waals surface area contributed by atoms with E-state index in [0.717, 1.165) is 32.7 Å². The van der Waals surface area contributed by atoms with Gasteiger partial charge in [-0.1, -0.05) is 30.7 Å². The molecule has 0 amide bonds. The van der Waals surface area contributed by atoms with Crippen LogP contribution in [-0.2, 0) is 10.0 Å². The van der Waals surface area contributed by atoms with Crippen LogP contribution in [0.3, 0.4) is 0 Å². The molecule has 0 bridgehead atoms. The zero-order chi connectivity index (χ0) is 16.5. The van der Waals surface area contributed by atoms with Gasteiger partial charge in [0.05, 0.1) is 5.02 Å². The van der Waals surface area contributed by atoms with E-state index in [1.54, 1.807) is 28.6 Å². The van der Waals surface area contributed by atoms with Crippen LogP contribution in [0.4, 0.5) is 0 Å². The molecule has 0 radical (unpaired) electrons. The highest BCUT2D eigenvalue weighted by Crippen LogP contribution is 2.28. The number of sulfonamides is 1. The molecule has 7 heteroatoms. The van der Waals surface area contributed by atoms with E-state index in [9.17, 15) is 8.42 Å². The Kier molecular flexibility index (Phi) is 4.99. The summed E-state index contributed by atoms with van der Waals surface area (Å²) < 4.78 is 27.0.